The van der Waals surface area contributed by atoms with E-state index in [-0.39, 0.29) is 0 Å². The van der Waals surface area contributed by atoms with Crippen LogP contribution < -0.4 is 0 Å². The minimum absolute atomic E-state index is 0.392. The molecule has 1 aliphatic heterocycles. The van der Waals surface area contributed by atoms with Crippen LogP contribution in [-0.2, 0) is 11.2 Å². The predicted octanol–water partition coefficient (Wildman–Crippen LogP) is 2.67. The van der Waals surface area contributed by atoms with E-state index >= 15 is 0 Å². The average Bonchev–Trinajstić information content (AvgIpc) is 2.64. The number of aliphatic imine (C=N–C) groups is 1. The highest BCUT2D eigenvalue weighted by atomic mass is 16.5. The number of methoxy groups -OCH3 is 1. The van der Waals surface area contributed by atoms with Crippen LogP contribution in [0.5, 0.6) is 0 Å². The lowest BCUT2D eigenvalue weighted by atomic mass is 9.98. The van der Waals surface area contributed by atoms with Gasteiger partial charge in [0.15, 0.2) is 5.90 Å². The molecule has 3 heteroatoms. The van der Waals surface area contributed by atoms with E-state index in [1.165, 1.54) is 12.8 Å². The second kappa shape index (κ2) is 5.01. The van der Waals surface area contributed by atoms with E-state index in [1.807, 2.05) is 12.1 Å². The number of hydrogen-bond acceptors (Lipinski definition) is 3. The van der Waals surface area contributed by atoms with Crippen molar-refractivity contribution in [3.05, 3.63) is 24.2 Å². The highest BCUT2D eigenvalue weighted by molar-refractivity contribution is 5.79. The molecular weight excluding hydrogens is 190 g/mol. The number of ether oxygens (including phenoxy) is 1. The third kappa shape index (κ3) is 2.61. The van der Waals surface area contributed by atoms with E-state index in [9.17, 15) is 0 Å². The van der Waals surface area contributed by atoms with Crippen LogP contribution in [0, 0.1) is 5.92 Å². The van der Waals surface area contributed by atoms with Crippen LogP contribution in [-0.4, -0.2) is 19.6 Å². The molecule has 0 spiro atoms. The first-order chi connectivity index (χ1) is 7.40. The molecule has 0 bridgehead atoms. The Hall–Kier alpha value is -1.25. The normalized spacial score (nSPS) is 21.9. The average molecular weight is 207 g/mol. The van der Waals surface area contributed by atoms with Crippen molar-refractivity contribution in [1.29, 1.82) is 0 Å². The number of furan rings is 1. The molecule has 3 nitrogen and oxygen atoms in total. The third-order valence-electron chi connectivity index (χ3n) is 2.81. The highest BCUT2D eigenvalue weighted by Crippen LogP contribution is 2.20. The van der Waals surface area contributed by atoms with Gasteiger partial charge in [-0.2, -0.15) is 0 Å². The fraction of sp³-hybridized carbons (Fsp3) is 0.583. The topological polar surface area (TPSA) is 34.7 Å². The molecular formula is C12H17NO2. The molecule has 2 rings (SSSR count). The van der Waals surface area contributed by atoms with Gasteiger partial charge in [-0.05, 0) is 25.0 Å². The molecule has 2 heterocycles. The highest BCUT2D eigenvalue weighted by Gasteiger charge is 2.20. The molecule has 1 unspecified atom stereocenters. The van der Waals surface area contributed by atoms with Gasteiger partial charge in [-0.3, -0.25) is 4.99 Å². The third-order valence-corrected chi connectivity index (χ3v) is 2.81. The van der Waals surface area contributed by atoms with Gasteiger partial charge in [0.1, 0.15) is 5.76 Å². The lowest BCUT2D eigenvalue weighted by molar-refractivity contribution is 0.350. The van der Waals surface area contributed by atoms with Crippen molar-refractivity contribution >= 4 is 5.90 Å². The maximum Gasteiger partial charge on any atom is 0.186 e. The summed E-state index contributed by atoms with van der Waals surface area (Å²) < 4.78 is 10.7. The van der Waals surface area contributed by atoms with Crippen molar-refractivity contribution in [3.8, 4) is 0 Å². The molecule has 1 aromatic heterocycles. The Balaban J connectivity index is 2.04. The van der Waals surface area contributed by atoms with E-state index in [0.717, 1.165) is 31.0 Å². The van der Waals surface area contributed by atoms with Crippen LogP contribution >= 0.6 is 0 Å². The maximum absolute atomic E-state index is 5.36. The van der Waals surface area contributed by atoms with Crippen LogP contribution in [0.3, 0.4) is 0 Å². The van der Waals surface area contributed by atoms with Crippen LogP contribution in [0.4, 0.5) is 0 Å². The van der Waals surface area contributed by atoms with Gasteiger partial charge in [-0.25, -0.2) is 0 Å². The monoisotopic (exact) mass is 207 g/mol. The zero-order valence-electron chi connectivity index (χ0n) is 9.11. The first kappa shape index (κ1) is 10.3. The Morgan fingerprint density at radius 2 is 2.47 bits per heavy atom. The van der Waals surface area contributed by atoms with E-state index in [0.29, 0.717) is 5.92 Å². The Morgan fingerprint density at radius 3 is 3.20 bits per heavy atom. The minimum atomic E-state index is 0.392. The van der Waals surface area contributed by atoms with Gasteiger partial charge >= 0.3 is 0 Å². The number of hydrogen-bond donors (Lipinski definition) is 0. The Kier molecular flexibility index (Phi) is 3.43. The molecule has 0 saturated carbocycles. The summed E-state index contributed by atoms with van der Waals surface area (Å²) in [6, 6.07) is 3.94. The lowest BCUT2D eigenvalue weighted by Crippen LogP contribution is -2.18. The Labute approximate surface area is 90.1 Å². The second-order valence-corrected chi connectivity index (χ2v) is 3.90. The molecule has 0 amide bonds. The largest absolute Gasteiger partial charge is 0.484 e. The van der Waals surface area contributed by atoms with Crippen LogP contribution in [0.1, 0.15) is 25.0 Å². The number of nitrogens with zero attached hydrogens (tertiary/aromatic N) is 1. The molecule has 1 aromatic rings. The first-order valence-electron chi connectivity index (χ1n) is 5.51. The van der Waals surface area contributed by atoms with Crippen molar-refractivity contribution < 1.29 is 9.15 Å². The van der Waals surface area contributed by atoms with E-state index in [1.54, 1.807) is 13.4 Å². The summed E-state index contributed by atoms with van der Waals surface area (Å²) in [6.07, 6.45) is 6.16. The first-order valence-corrected chi connectivity index (χ1v) is 5.51. The molecule has 0 aliphatic carbocycles. The van der Waals surface area contributed by atoms with Crippen molar-refractivity contribution in [2.24, 2.45) is 10.9 Å². The predicted molar refractivity (Wildman–Crippen MR) is 59.1 cm³/mol. The van der Waals surface area contributed by atoms with E-state index < -0.39 is 0 Å². The zero-order valence-corrected chi connectivity index (χ0v) is 9.11. The van der Waals surface area contributed by atoms with E-state index in [4.69, 9.17) is 9.15 Å². The van der Waals surface area contributed by atoms with Crippen molar-refractivity contribution in [3.63, 3.8) is 0 Å². The SMILES string of the molecule is COC1=NCCCCC1Cc1ccco1. The zero-order chi connectivity index (χ0) is 10.5. The van der Waals surface area contributed by atoms with Gasteiger partial charge in [0, 0.05) is 18.9 Å². The Morgan fingerprint density at radius 1 is 1.53 bits per heavy atom. The summed E-state index contributed by atoms with van der Waals surface area (Å²) in [5, 5.41) is 0. The van der Waals surface area contributed by atoms with Crippen molar-refractivity contribution in [2.45, 2.75) is 25.7 Å². The van der Waals surface area contributed by atoms with Gasteiger partial charge in [0.05, 0.1) is 13.4 Å². The smallest absolute Gasteiger partial charge is 0.186 e. The fourth-order valence-corrected chi connectivity index (χ4v) is 2.04. The number of rotatable bonds is 2. The molecule has 15 heavy (non-hydrogen) atoms. The van der Waals surface area contributed by atoms with Gasteiger partial charge in [-0.1, -0.05) is 6.42 Å². The minimum Gasteiger partial charge on any atom is -0.484 e. The molecule has 0 N–H and O–H groups in total. The molecule has 0 radical (unpaired) electrons. The van der Waals surface area contributed by atoms with Gasteiger partial charge < -0.3 is 9.15 Å². The molecule has 1 atom stereocenters. The molecule has 82 valence electrons. The van der Waals surface area contributed by atoms with Crippen molar-refractivity contribution in [2.75, 3.05) is 13.7 Å². The van der Waals surface area contributed by atoms with Gasteiger partial charge in [0.2, 0.25) is 0 Å². The second-order valence-electron chi connectivity index (χ2n) is 3.90. The summed E-state index contributed by atoms with van der Waals surface area (Å²) in [4.78, 5) is 4.46. The lowest BCUT2D eigenvalue weighted by Gasteiger charge is -2.14. The fourth-order valence-electron chi connectivity index (χ4n) is 2.04. The molecule has 0 aromatic carbocycles. The van der Waals surface area contributed by atoms with Crippen molar-refractivity contribution in [1.82, 2.24) is 0 Å². The molecule has 0 saturated heterocycles. The summed E-state index contributed by atoms with van der Waals surface area (Å²) in [5.74, 6) is 2.30. The van der Waals surface area contributed by atoms with E-state index in [2.05, 4.69) is 4.99 Å². The van der Waals surface area contributed by atoms with Crippen LogP contribution in [0.25, 0.3) is 0 Å². The molecule has 1 aliphatic rings. The standard InChI is InChI=1S/C12H17NO2/c1-14-12-10(5-2-3-7-13-12)9-11-6-4-8-15-11/h4,6,8,10H,2-3,5,7,9H2,1H3. The van der Waals surface area contributed by atoms with Gasteiger partial charge in [0.25, 0.3) is 0 Å². The van der Waals surface area contributed by atoms with Gasteiger partial charge in [-0.15, -0.1) is 0 Å². The summed E-state index contributed by atoms with van der Waals surface area (Å²) in [5.41, 5.74) is 0. The maximum atomic E-state index is 5.36. The summed E-state index contributed by atoms with van der Waals surface area (Å²) in [6.45, 7) is 0.901. The molecule has 0 fully saturated rings. The van der Waals surface area contributed by atoms with Crippen LogP contribution in [0.2, 0.25) is 0 Å². The Bertz CT molecular complexity index is 316. The summed E-state index contributed by atoms with van der Waals surface area (Å²) in [7, 11) is 1.71. The summed E-state index contributed by atoms with van der Waals surface area (Å²) >= 11 is 0. The quantitative estimate of drug-likeness (QED) is 0.747. The van der Waals surface area contributed by atoms with Crippen LogP contribution in [0.15, 0.2) is 27.8 Å².